The summed E-state index contributed by atoms with van der Waals surface area (Å²) < 4.78 is 42.5. The van der Waals surface area contributed by atoms with E-state index in [2.05, 4.69) is 0 Å². The van der Waals surface area contributed by atoms with Crippen LogP contribution >= 0.6 is 0 Å². The standard InChI is InChI=1S/C18H21F3N2O2/c1-5-10(6-2)22(4)18(25)12-9-23(7-3)16-11(17(12)24)8-13(19)14(20)15(16)21/h8-10H,5-7H2,1-4H3. The number of halogens is 3. The number of fused-ring (bicyclic) bond motifs is 1. The quantitative estimate of drug-likeness (QED) is 0.769. The largest absolute Gasteiger partial charge is 0.344 e. The number of aryl methyl sites for hydroxylation is 1. The minimum atomic E-state index is -1.64. The first kappa shape index (κ1) is 19.0. The lowest BCUT2D eigenvalue weighted by molar-refractivity contribution is 0.0721. The van der Waals surface area contributed by atoms with Gasteiger partial charge < -0.3 is 9.47 Å². The first-order chi connectivity index (χ1) is 11.8. The predicted octanol–water partition coefficient (Wildman–Crippen LogP) is 3.70. The average Bonchev–Trinajstić information content (AvgIpc) is 2.61. The van der Waals surface area contributed by atoms with E-state index in [1.807, 2.05) is 13.8 Å². The molecule has 0 unspecified atom stereocenters. The molecule has 0 fully saturated rings. The number of hydrogen-bond donors (Lipinski definition) is 0. The van der Waals surface area contributed by atoms with E-state index >= 15 is 0 Å². The summed E-state index contributed by atoms with van der Waals surface area (Å²) in [6, 6.07) is 0.593. The van der Waals surface area contributed by atoms with Crippen molar-refractivity contribution in [1.82, 2.24) is 9.47 Å². The topological polar surface area (TPSA) is 42.3 Å². The number of amides is 1. The number of carbonyl (C=O) groups is 1. The van der Waals surface area contributed by atoms with E-state index in [1.54, 1.807) is 14.0 Å². The van der Waals surface area contributed by atoms with Crippen LogP contribution in [0.25, 0.3) is 10.9 Å². The molecule has 2 rings (SSSR count). The minimum absolute atomic E-state index is 0.0561. The molecule has 0 aliphatic carbocycles. The Balaban J connectivity index is 2.76. The highest BCUT2D eigenvalue weighted by molar-refractivity contribution is 5.97. The third kappa shape index (κ3) is 3.15. The highest BCUT2D eigenvalue weighted by Crippen LogP contribution is 2.22. The van der Waals surface area contributed by atoms with Crippen molar-refractivity contribution in [1.29, 1.82) is 0 Å². The van der Waals surface area contributed by atoms with Gasteiger partial charge in [0.2, 0.25) is 5.43 Å². The summed E-state index contributed by atoms with van der Waals surface area (Å²) in [7, 11) is 1.59. The van der Waals surface area contributed by atoms with Crippen molar-refractivity contribution >= 4 is 16.8 Å². The molecule has 0 atom stereocenters. The van der Waals surface area contributed by atoms with E-state index in [4.69, 9.17) is 0 Å². The maximum absolute atomic E-state index is 14.1. The van der Waals surface area contributed by atoms with Gasteiger partial charge in [-0.05, 0) is 25.8 Å². The molecule has 0 bridgehead atoms. The van der Waals surface area contributed by atoms with E-state index in [9.17, 15) is 22.8 Å². The second-order valence-electron chi connectivity index (χ2n) is 5.93. The van der Waals surface area contributed by atoms with Gasteiger partial charge >= 0.3 is 0 Å². The summed E-state index contributed by atoms with van der Waals surface area (Å²) in [5, 5.41) is -0.345. The zero-order chi connectivity index (χ0) is 18.9. The smallest absolute Gasteiger partial charge is 0.259 e. The minimum Gasteiger partial charge on any atom is -0.344 e. The Labute approximate surface area is 143 Å². The lowest BCUT2D eigenvalue weighted by Gasteiger charge is -2.26. The Hall–Kier alpha value is -2.31. The van der Waals surface area contributed by atoms with Crippen molar-refractivity contribution in [3.8, 4) is 0 Å². The van der Waals surface area contributed by atoms with Gasteiger partial charge in [0, 0.05) is 25.8 Å². The monoisotopic (exact) mass is 354 g/mol. The maximum Gasteiger partial charge on any atom is 0.259 e. The highest BCUT2D eigenvalue weighted by Gasteiger charge is 2.25. The van der Waals surface area contributed by atoms with E-state index in [-0.39, 0.29) is 29.1 Å². The van der Waals surface area contributed by atoms with Gasteiger partial charge in [0.1, 0.15) is 5.56 Å². The molecule has 25 heavy (non-hydrogen) atoms. The zero-order valence-corrected chi connectivity index (χ0v) is 14.7. The maximum atomic E-state index is 14.1. The van der Waals surface area contributed by atoms with Crippen LogP contribution in [0.1, 0.15) is 44.0 Å². The van der Waals surface area contributed by atoms with Crippen molar-refractivity contribution in [2.45, 2.75) is 46.2 Å². The summed E-state index contributed by atoms with van der Waals surface area (Å²) in [4.78, 5) is 26.8. The van der Waals surface area contributed by atoms with Crippen molar-refractivity contribution in [2.75, 3.05) is 7.05 Å². The molecule has 7 heteroatoms. The Morgan fingerprint density at radius 2 is 1.76 bits per heavy atom. The summed E-state index contributed by atoms with van der Waals surface area (Å²) in [6.07, 6.45) is 2.64. The van der Waals surface area contributed by atoms with Gasteiger partial charge in [-0.2, -0.15) is 0 Å². The van der Waals surface area contributed by atoms with Gasteiger partial charge in [0.25, 0.3) is 5.91 Å². The third-order valence-corrected chi connectivity index (χ3v) is 4.58. The molecule has 1 aromatic heterocycles. The van der Waals surface area contributed by atoms with Crippen LogP contribution in [0.2, 0.25) is 0 Å². The van der Waals surface area contributed by atoms with E-state index < -0.39 is 28.8 Å². The fraction of sp³-hybridized carbons (Fsp3) is 0.444. The van der Waals surface area contributed by atoms with E-state index in [0.29, 0.717) is 18.9 Å². The van der Waals surface area contributed by atoms with Crippen LogP contribution in [0, 0.1) is 17.5 Å². The van der Waals surface area contributed by atoms with Crippen LogP contribution in [0.3, 0.4) is 0 Å². The SMILES string of the molecule is CCC(CC)N(C)C(=O)c1cn(CC)c2c(F)c(F)c(F)cc2c1=O. The Morgan fingerprint density at radius 3 is 2.28 bits per heavy atom. The van der Waals surface area contributed by atoms with Crippen LogP contribution in [-0.2, 0) is 6.54 Å². The van der Waals surface area contributed by atoms with Crippen LogP contribution in [0.5, 0.6) is 0 Å². The van der Waals surface area contributed by atoms with Crippen molar-refractivity contribution in [3.63, 3.8) is 0 Å². The molecule has 0 aliphatic heterocycles. The molecule has 0 aliphatic rings. The lowest BCUT2D eigenvalue weighted by Crippen LogP contribution is -2.39. The predicted molar refractivity (Wildman–Crippen MR) is 90.2 cm³/mol. The Kier molecular flexibility index (Phi) is 5.55. The fourth-order valence-electron chi connectivity index (χ4n) is 3.06. The van der Waals surface area contributed by atoms with Crippen LogP contribution in [0.15, 0.2) is 17.1 Å². The van der Waals surface area contributed by atoms with Crippen molar-refractivity contribution < 1.29 is 18.0 Å². The lowest BCUT2D eigenvalue weighted by atomic mass is 10.1. The van der Waals surface area contributed by atoms with Gasteiger partial charge in [-0.3, -0.25) is 9.59 Å². The molecule has 0 N–H and O–H groups in total. The molecule has 0 saturated heterocycles. The summed E-state index contributed by atoms with van der Waals surface area (Å²) >= 11 is 0. The van der Waals surface area contributed by atoms with Gasteiger partial charge in [-0.25, -0.2) is 13.2 Å². The number of carbonyl (C=O) groups excluding carboxylic acids is 1. The van der Waals surface area contributed by atoms with Crippen LogP contribution in [0.4, 0.5) is 13.2 Å². The molecule has 1 heterocycles. The Bertz CT molecular complexity index is 873. The summed E-state index contributed by atoms with van der Waals surface area (Å²) in [5.74, 6) is -5.04. The molecular weight excluding hydrogens is 333 g/mol. The first-order valence-electron chi connectivity index (χ1n) is 8.26. The zero-order valence-electron chi connectivity index (χ0n) is 14.7. The molecule has 0 radical (unpaired) electrons. The highest BCUT2D eigenvalue weighted by atomic mass is 19.2. The third-order valence-electron chi connectivity index (χ3n) is 4.58. The van der Waals surface area contributed by atoms with Crippen molar-refractivity contribution in [2.24, 2.45) is 0 Å². The van der Waals surface area contributed by atoms with E-state index in [1.165, 1.54) is 15.7 Å². The van der Waals surface area contributed by atoms with Gasteiger partial charge in [-0.15, -0.1) is 0 Å². The van der Waals surface area contributed by atoms with Gasteiger partial charge in [-0.1, -0.05) is 13.8 Å². The second-order valence-corrected chi connectivity index (χ2v) is 5.93. The number of pyridine rings is 1. The fourth-order valence-corrected chi connectivity index (χ4v) is 3.06. The number of hydrogen-bond acceptors (Lipinski definition) is 2. The normalized spacial score (nSPS) is 11.4. The molecule has 4 nitrogen and oxygen atoms in total. The molecule has 136 valence electrons. The molecule has 2 aromatic rings. The summed E-state index contributed by atoms with van der Waals surface area (Å²) in [5.41, 5.74) is -1.33. The molecule has 0 saturated carbocycles. The number of nitrogens with zero attached hydrogens (tertiary/aromatic N) is 2. The first-order valence-corrected chi connectivity index (χ1v) is 8.26. The van der Waals surface area contributed by atoms with Crippen LogP contribution in [-0.4, -0.2) is 28.5 Å². The number of benzene rings is 1. The van der Waals surface area contributed by atoms with Gasteiger partial charge in [0.05, 0.1) is 10.9 Å². The molecule has 1 aromatic carbocycles. The van der Waals surface area contributed by atoms with Gasteiger partial charge in [0.15, 0.2) is 17.5 Å². The molecular formula is C18H21F3N2O2. The van der Waals surface area contributed by atoms with Crippen LogP contribution < -0.4 is 5.43 Å². The average molecular weight is 354 g/mol. The number of rotatable bonds is 5. The Morgan fingerprint density at radius 1 is 1.16 bits per heavy atom. The number of aromatic nitrogens is 1. The summed E-state index contributed by atoms with van der Waals surface area (Å²) in [6.45, 7) is 5.70. The van der Waals surface area contributed by atoms with E-state index in [0.717, 1.165) is 0 Å². The molecule has 0 spiro atoms. The molecule has 1 amide bonds. The van der Waals surface area contributed by atoms with Crippen molar-refractivity contribution in [3.05, 3.63) is 45.5 Å². The second kappa shape index (κ2) is 7.29.